The smallest absolute Gasteiger partial charge is 0.334 e. The minimum Gasteiger partial charge on any atom is -0.334 e. The Hall–Kier alpha value is -0.730. The van der Waals surface area contributed by atoms with Gasteiger partial charge in [-0.15, -0.1) is 0 Å². The van der Waals surface area contributed by atoms with Crippen LogP contribution in [0.2, 0.25) is 0 Å². The zero-order chi connectivity index (χ0) is 13.7. The lowest BCUT2D eigenvalue weighted by Crippen LogP contribution is -2.43. The van der Waals surface area contributed by atoms with E-state index >= 15 is 0 Å². The molecule has 2 aliphatic rings. The Balaban J connectivity index is 1.68. The van der Waals surface area contributed by atoms with Gasteiger partial charge in [-0.2, -0.15) is 0 Å². The second kappa shape index (κ2) is 7.16. The molecule has 1 N–H and O–H groups in total. The van der Waals surface area contributed by atoms with E-state index in [1.54, 1.807) is 0 Å². The van der Waals surface area contributed by atoms with Crippen LogP contribution >= 0.6 is 0 Å². The highest BCUT2D eigenvalue weighted by atomic mass is 16.2. The van der Waals surface area contributed by atoms with Crippen LogP contribution in [0.25, 0.3) is 0 Å². The zero-order valence-electron chi connectivity index (χ0n) is 12.5. The van der Waals surface area contributed by atoms with E-state index in [1.807, 2.05) is 13.8 Å². The monoisotopic (exact) mass is 265 g/mol. The summed E-state index contributed by atoms with van der Waals surface area (Å²) in [5.41, 5.74) is 0. The minimum absolute atomic E-state index is 0.0959. The second-order valence-electron chi connectivity index (χ2n) is 6.68. The molecule has 0 aliphatic heterocycles. The fourth-order valence-electron chi connectivity index (χ4n) is 3.79. The van der Waals surface area contributed by atoms with Crippen molar-refractivity contribution in [3.8, 4) is 0 Å². The Morgan fingerprint density at radius 2 is 1.53 bits per heavy atom. The quantitative estimate of drug-likeness (QED) is 0.827. The SMILES string of the molecule is CC(C)[N]C(=O)NC1CCC(C2CCCCC2)CC1. The van der Waals surface area contributed by atoms with Crippen LogP contribution in [0, 0.1) is 11.8 Å². The molecule has 1 radical (unpaired) electrons. The maximum absolute atomic E-state index is 11.6. The lowest BCUT2D eigenvalue weighted by atomic mass is 9.72. The largest absolute Gasteiger partial charge is 0.336 e. The zero-order valence-corrected chi connectivity index (χ0v) is 12.5. The standard InChI is InChI=1S/C16H29N2O/c1-12(2)17-16(19)18-15-10-8-14(9-11-15)13-6-4-3-5-7-13/h12-15H,3-11H2,1-2H3,(H,18,19). The Morgan fingerprint density at radius 3 is 2.11 bits per heavy atom. The van der Waals surface area contributed by atoms with Crippen molar-refractivity contribution in [1.82, 2.24) is 10.6 Å². The number of hydrogen-bond acceptors (Lipinski definition) is 1. The number of amides is 2. The average Bonchev–Trinajstić information content (AvgIpc) is 2.39. The van der Waals surface area contributed by atoms with E-state index in [0.29, 0.717) is 6.04 Å². The molecular weight excluding hydrogens is 236 g/mol. The molecule has 0 atom stereocenters. The number of urea groups is 1. The van der Waals surface area contributed by atoms with E-state index in [4.69, 9.17) is 0 Å². The Kier molecular flexibility index (Phi) is 5.53. The maximum Gasteiger partial charge on any atom is 0.336 e. The first kappa shape index (κ1) is 14.7. The van der Waals surface area contributed by atoms with E-state index < -0.39 is 0 Å². The van der Waals surface area contributed by atoms with Gasteiger partial charge in [0, 0.05) is 12.1 Å². The van der Waals surface area contributed by atoms with E-state index in [-0.39, 0.29) is 12.1 Å². The van der Waals surface area contributed by atoms with Gasteiger partial charge in [-0.05, 0) is 51.4 Å². The van der Waals surface area contributed by atoms with Crippen LogP contribution in [0.15, 0.2) is 0 Å². The molecule has 0 unspecified atom stereocenters. The highest BCUT2D eigenvalue weighted by molar-refractivity contribution is 5.74. The topological polar surface area (TPSA) is 43.2 Å². The molecule has 2 aliphatic carbocycles. The van der Waals surface area contributed by atoms with Gasteiger partial charge in [0.15, 0.2) is 0 Å². The van der Waals surface area contributed by atoms with Crippen LogP contribution in [0.5, 0.6) is 0 Å². The molecule has 3 nitrogen and oxygen atoms in total. The average molecular weight is 265 g/mol. The lowest BCUT2D eigenvalue weighted by Gasteiger charge is -2.36. The van der Waals surface area contributed by atoms with Crippen LogP contribution < -0.4 is 10.6 Å². The van der Waals surface area contributed by atoms with Crippen LogP contribution in [-0.2, 0) is 0 Å². The van der Waals surface area contributed by atoms with Gasteiger partial charge in [0.25, 0.3) is 0 Å². The molecule has 2 amide bonds. The summed E-state index contributed by atoms with van der Waals surface area (Å²) in [6.07, 6.45) is 12.1. The van der Waals surface area contributed by atoms with Crippen molar-refractivity contribution in [3.05, 3.63) is 0 Å². The van der Waals surface area contributed by atoms with Gasteiger partial charge in [0.1, 0.15) is 0 Å². The van der Waals surface area contributed by atoms with Gasteiger partial charge in [-0.1, -0.05) is 32.1 Å². The van der Waals surface area contributed by atoms with E-state index in [9.17, 15) is 4.79 Å². The van der Waals surface area contributed by atoms with Crippen LogP contribution in [-0.4, -0.2) is 18.1 Å². The molecule has 0 aromatic rings. The number of carbonyl (C=O) groups is 1. The summed E-state index contributed by atoms with van der Waals surface area (Å²) in [4.78, 5) is 11.6. The van der Waals surface area contributed by atoms with Crippen molar-refractivity contribution in [2.24, 2.45) is 11.8 Å². The third-order valence-electron chi connectivity index (χ3n) is 4.79. The molecule has 19 heavy (non-hydrogen) atoms. The van der Waals surface area contributed by atoms with Gasteiger partial charge in [0.2, 0.25) is 0 Å². The summed E-state index contributed by atoms with van der Waals surface area (Å²) >= 11 is 0. The molecule has 109 valence electrons. The predicted octanol–water partition coefficient (Wildman–Crippen LogP) is 3.85. The van der Waals surface area contributed by atoms with Gasteiger partial charge < -0.3 is 5.32 Å². The van der Waals surface area contributed by atoms with Crippen molar-refractivity contribution in [3.63, 3.8) is 0 Å². The van der Waals surface area contributed by atoms with Gasteiger partial charge >= 0.3 is 6.03 Å². The molecule has 0 aromatic heterocycles. The Bertz CT molecular complexity index is 276. The van der Waals surface area contributed by atoms with Crippen molar-refractivity contribution in [1.29, 1.82) is 0 Å². The lowest BCUT2D eigenvalue weighted by molar-refractivity contribution is 0.175. The summed E-state index contributed by atoms with van der Waals surface area (Å²) < 4.78 is 0. The Labute approximate surface area is 117 Å². The number of hydrogen-bond donors (Lipinski definition) is 1. The molecule has 2 saturated carbocycles. The maximum atomic E-state index is 11.6. The van der Waals surface area contributed by atoms with E-state index in [0.717, 1.165) is 24.7 Å². The first-order valence-electron chi connectivity index (χ1n) is 8.16. The third kappa shape index (κ3) is 4.70. The number of nitrogens with zero attached hydrogens (tertiary/aromatic N) is 1. The van der Waals surface area contributed by atoms with Crippen LogP contribution in [0.3, 0.4) is 0 Å². The molecule has 0 aromatic carbocycles. The first-order valence-corrected chi connectivity index (χ1v) is 8.16. The third-order valence-corrected chi connectivity index (χ3v) is 4.79. The number of rotatable bonds is 3. The first-order chi connectivity index (χ1) is 9.15. The van der Waals surface area contributed by atoms with Crippen LogP contribution in [0.1, 0.15) is 71.6 Å². The molecule has 0 heterocycles. The van der Waals surface area contributed by atoms with Crippen molar-refractivity contribution in [2.75, 3.05) is 0 Å². The summed E-state index contributed by atoms with van der Waals surface area (Å²) in [6.45, 7) is 3.89. The van der Waals surface area contributed by atoms with Gasteiger partial charge in [-0.3, -0.25) is 0 Å². The Morgan fingerprint density at radius 1 is 0.947 bits per heavy atom. The molecule has 0 spiro atoms. The summed E-state index contributed by atoms with van der Waals surface area (Å²) in [5.74, 6) is 1.90. The van der Waals surface area contributed by atoms with E-state index in [1.165, 1.54) is 44.9 Å². The summed E-state index contributed by atoms with van der Waals surface area (Å²) in [5, 5.41) is 7.10. The molecule has 3 heteroatoms. The molecule has 0 bridgehead atoms. The summed E-state index contributed by atoms with van der Waals surface area (Å²) in [7, 11) is 0. The highest BCUT2D eigenvalue weighted by Gasteiger charge is 2.29. The summed E-state index contributed by atoms with van der Waals surface area (Å²) in [6, 6.07) is 0.351. The van der Waals surface area contributed by atoms with Gasteiger partial charge in [-0.25, -0.2) is 10.1 Å². The van der Waals surface area contributed by atoms with Crippen LogP contribution in [0.4, 0.5) is 4.79 Å². The number of nitrogens with one attached hydrogen (secondary N) is 1. The normalized spacial score (nSPS) is 29.2. The van der Waals surface area contributed by atoms with Gasteiger partial charge in [0.05, 0.1) is 0 Å². The van der Waals surface area contributed by atoms with E-state index in [2.05, 4.69) is 10.6 Å². The van der Waals surface area contributed by atoms with Crippen molar-refractivity contribution >= 4 is 6.03 Å². The predicted molar refractivity (Wildman–Crippen MR) is 78.1 cm³/mol. The fraction of sp³-hybridized carbons (Fsp3) is 0.938. The molecule has 0 saturated heterocycles. The number of carbonyl (C=O) groups excluding carboxylic acids is 1. The van der Waals surface area contributed by atoms with Crippen molar-refractivity contribution in [2.45, 2.75) is 83.7 Å². The molecule has 2 fully saturated rings. The fourth-order valence-corrected chi connectivity index (χ4v) is 3.79. The highest BCUT2D eigenvalue weighted by Crippen LogP contribution is 2.38. The van der Waals surface area contributed by atoms with Crippen molar-refractivity contribution < 1.29 is 4.79 Å². The molecule has 2 rings (SSSR count). The minimum atomic E-state index is -0.115. The molecular formula is C16H29N2O. The second-order valence-corrected chi connectivity index (χ2v) is 6.68.